The number of rotatable bonds is 4. The molecule has 1 aromatic heterocycles. The van der Waals surface area contributed by atoms with Crippen LogP contribution in [0.15, 0.2) is 71.8 Å². The van der Waals surface area contributed by atoms with Gasteiger partial charge in [0.05, 0.1) is 11.9 Å². The lowest BCUT2D eigenvalue weighted by Gasteiger charge is -2.08. The largest absolute Gasteiger partial charge is 0.508 e. The molecular formula is C19H17N3O2. The number of phenols is 1. The Kier molecular flexibility index (Phi) is 4.43. The van der Waals surface area contributed by atoms with E-state index in [2.05, 4.69) is 10.5 Å². The van der Waals surface area contributed by atoms with E-state index in [0.717, 1.165) is 17.1 Å². The van der Waals surface area contributed by atoms with E-state index in [4.69, 9.17) is 0 Å². The molecule has 2 aromatic carbocycles. The Morgan fingerprint density at radius 1 is 1.08 bits per heavy atom. The molecule has 0 aliphatic carbocycles. The summed E-state index contributed by atoms with van der Waals surface area (Å²) in [6.45, 7) is 2.01. The number of hydrazone groups is 1. The summed E-state index contributed by atoms with van der Waals surface area (Å²) in [6.07, 6.45) is 1.60. The minimum absolute atomic E-state index is 0.0419. The number of amides is 1. The van der Waals surface area contributed by atoms with Gasteiger partial charge in [0.2, 0.25) is 0 Å². The van der Waals surface area contributed by atoms with Crippen LogP contribution in [0.4, 0.5) is 0 Å². The van der Waals surface area contributed by atoms with Gasteiger partial charge in [-0.25, -0.2) is 5.43 Å². The maximum atomic E-state index is 12.0. The molecule has 0 atom stereocenters. The van der Waals surface area contributed by atoms with Gasteiger partial charge in [0.15, 0.2) is 0 Å². The van der Waals surface area contributed by atoms with E-state index >= 15 is 0 Å². The number of hydrogen-bond acceptors (Lipinski definition) is 3. The molecule has 0 fully saturated rings. The van der Waals surface area contributed by atoms with Gasteiger partial charge in [-0.15, -0.1) is 0 Å². The fourth-order valence-corrected chi connectivity index (χ4v) is 2.46. The lowest BCUT2D eigenvalue weighted by Crippen LogP contribution is -2.17. The molecule has 1 heterocycles. The second-order valence-electron chi connectivity index (χ2n) is 5.32. The molecule has 5 heteroatoms. The fourth-order valence-electron chi connectivity index (χ4n) is 2.46. The number of para-hydroxylation sites is 1. The van der Waals surface area contributed by atoms with Crippen molar-refractivity contribution in [1.82, 2.24) is 9.99 Å². The van der Waals surface area contributed by atoms with E-state index in [1.54, 1.807) is 18.3 Å². The van der Waals surface area contributed by atoms with Crippen molar-refractivity contribution >= 4 is 12.1 Å². The van der Waals surface area contributed by atoms with Crippen molar-refractivity contribution in [3.8, 4) is 11.4 Å². The molecule has 1 amide bonds. The van der Waals surface area contributed by atoms with Gasteiger partial charge in [0.1, 0.15) is 5.75 Å². The number of nitrogens with zero attached hydrogens (tertiary/aromatic N) is 2. The minimum atomic E-state index is -0.378. The van der Waals surface area contributed by atoms with E-state index in [1.165, 1.54) is 12.1 Å². The third-order valence-corrected chi connectivity index (χ3v) is 3.59. The zero-order chi connectivity index (χ0) is 16.9. The summed E-state index contributed by atoms with van der Waals surface area (Å²) < 4.78 is 2.05. The highest BCUT2D eigenvalue weighted by molar-refractivity contribution is 5.95. The maximum Gasteiger partial charge on any atom is 0.271 e. The minimum Gasteiger partial charge on any atom is -0.508 e. The van der Waals surface area contributed by atoms with E-state index in [-0.39, 0.29) is 11.7 Å². The van der Waals surface area contributed by atoms with Crippen LogP contribution in [0.1, 0.15) is 21.7 Å². The summed E-state index contributed by atoms with van der Waals surface area (Å²) in [4.78, 5) is 12.0. The molecule has 24 heavy (non-hydrogen) atoms. The molecule has 120 valence electrons. The van der Waals surface area contributed by atoms with Gasteiger partial charge in [-0.1, -0.05) is 24.3 Å². The Labute approximate surface area is 139 Å². The molecular weight excluding hydrogens is 302 g/mol. The lowest BCUT2D eigenvalue weighted by atomic mass is 10.2. The van der Waals surface area contributed by atoms with Crippen LogP contribution >= 0.6 is 0 Å². The molecule has 0 spiro atoms. The zero-order valence-corrected chi connectivity index (χ0v) is 13.2. The first kappa shape index (κ1) is 15.6. The van der Waals surface area contributed by atoms with Crippen molar-refractivity contribution in [1.29, 1.82) is 0 Å². The van der Waals surface area contributed by atoms with Crippen LogP contribution in [0.25, 0.3) is 5.69 Å². The number of aromatic nitrogens is 1. The summed E-state index contributed by atoms with van der Waals surface area (Å²) in [5.74, 6) is -0.336. The Morgan fingerprint density at radius 2 is 1.88 bits per heavy atom. The van der Waals surface area contributed by atoms with Crippen LogP contribution < -0.4 is 5.43 Å². The van der Waals surface area contributed by atoms with Crippen LogP contribution in [0.2, 0.25) is 0 Å². The number of carbonyl (C=O) groups is 1. The molecule has 3 rings (SSSR count). The summed E-state index contributed by atoms with van der Waals surface area (Å²) >= 11 is 0. The summed E-state index contributed by atoms with van der Waals surface area (Å²) in [5.41, 5.74) is 5.77. The standard InChI is InChI=1S/C19H17N3O2/c1-14-10-11-17(22(14)16-7-3-2-4-8-16)13-20-21-19(24)15-6-5-9-18(23)12-15/h2-13,23H,1H3,(H,21,24)/b20-13-. The molecule has 0 aliphatic heterocycles. The average molecular weight is 319 g/mol. The number of benzene rings is 2. The molecule has 0 unspecified atom stereocenters. The van der Waals surface area contributed by atoms with Crippen molar-refractivity contribution in [3.05, 3.63) is 83.7 Å². The summed E-state index contributed by atoms with van der Waals surface area (Å²) in [5, 5.41) is 13.4. The lowest BCUT2D eigenvalue weighted by molar-refractivity contribution is 0.0954. The van der Waals surface area contributed by atoms with Gasteiger partial charge in [0, 0.05) is 16.9 Å². The Morgan fingerprint density at radius 3 is 2.62 bits per heavy atom. The summed E-state index contributed by atoms with van der Waals surface area (Å²) in [7, 11) is 0. The smallest absolute Gasteiger partial charge is 0.271 e. The van der Waals surface area contributed by atoms with Crippen LogP contribution in [-0.2, 0) is 0 Å². The molecule has 2 N–H and O–H groups in total. The monoisotopic (exact) mass is 319 g/mol. The van der Waals surface area contributed by atoms with E-state index in [9.17, 15) is 9.90 Å². The molecule has 3 aromatic rings. The number of aromatic hydroxyl groups is 1. The summed E-state index contributed by atoms with van der Waals surface area (Å²) in [6, 6.07) is 20.0. The average Bonchev–Trinajstić information content (AvgIpc) is 2.96. The first-order valence-electron chi connectivity index (χ1n) is 7.51. The van der Waals surface area contributed by atoms with Crippen molar-refractivity contribution in [2.75, 3.05) is 0 Å². The SMILES string of the molecule is Cc1ccc(/C=N\NC(=O)c2cccc(O)c2)n1-c1ccccc1. The van der Waals surface area contributed by atoms with Gasteiger partial charge in [-0.3, -0.25) is 4.79 Å². The van der Waals surface area contributed by atoms with Crippen molar-refractivity contribution in [2.45, 2.75) is 6.92 Å². The van der Waals surface area contributed by atoms with Crippen LogP contribution in [0, 0.1) is 6.92 Å². The predicted molar refractivity (Wildman–Crippen MR) is 93.7 cm³/mol. The molecule has 0 bridgehead atoms. The molecule has 5 nitrogen and oxygen atoms in total. The van der Waals surface area contributed by atoms with E-state index < -0.39 is 0 Å². The normalized spacial score (nSPS) is 10.9. The van der Waals surface area contributed by atoms with Crippen molar-refractivity contribution in [3.63, 3.8) is 0 Å². The van der Waals surface area contributed by atoms with Crippen LogP contribution in [0.3, 0.4) is 0 Å². The Balaban J connectivity index is 1.77. The second-order valence-corrected chi connectivity index (χ2v) is 5.32. The highest BCUT2D eigenvalue weighted by Crippen LogP contribution is 2.15. The molecule has 0 saturated carbocycles. The topological polar surface area (TPSA) is 66.6 Å². The van der Waals surface area contributed by atoms with Crippen molar-refractivity contribution < 1.29 is 9.90 Å². The van der Waals surface area contributed by atoms with Gasteiger partial charge in [0.25, 0.3) is 5.91 Å². The predicted octanol–water partition coefficient (Wildman–Crippen LogP) is 3.26. The molecule has 0 aliphatic rings. The highest BCUT2D eigenvalue weighted by atomic mass is 16.3. The number of carbonyl (C=O) groups excluding carboxylic acids is 1. The van der Waals surface area contributed by atoms with Gasteiger partial charge < -0.3 is 9.67 Å². The molecule has 0 radical (unpaired) electrons. The maximum absolute atomic E-state index is 12.0. The number of aryl methyl sites for hydroxylation is 1. The highest BCUT2D eigenvalue weighted by Gasteiger charge is 2.06. The first-order chi connectivity index (χ1) is 11.6. The van der Waals surface area contributed by atoms with Gasteiger partial charge in [-0.05, 0) is 49.4 Å². The van der Waals surface area contributed by atoms with Gasteiger partial charge in [-0.2, -0.15) is 5.10 Å². The van der Waals surface area contributed by atoms with Crippen LogP contribution in [0.5, 0.6) is 5.75 Å². The third kappa shape index (κ3) is 3.35. The Hall–Kier alpha value is -3.34. The van der Waals surface area contributed by atoms with Crippen molar-refractivity contribution in [2.24, 2.45) is 5.10 Å². The quantitative estimate of drug-likeness (QED) is 0.572. The second kappa shape index (κ2) is 6.83. The first-order valence-corrected chi connectivity index (χ1v) is 7.51. The van der Waals surface area contributed by atoms with E-state index in [0.29, 0.717) is 5.56 Å². The van der Waals surface area contributed by atoms with E-state index in [1.807, 2.05) is 54.0 Å². The number of phenolic OH excluding ortho intramolecular Hbond substituents is 1. The third-order valence-electron chi connectivity index (χ3n) is 3.59. The molecule has 0 saturated heterocycles. The number of nitrogens with one attached hydrogen (secondary N) is 1. The van der Waals surface area contributed by atoms with Gasteiger partial charge >= 0.3 is 0 Å². The fraction of sp³-hybridized carbons (Fsp3) is 0.0526. The zero-order valence-electron chi connectivity index (χ0n) is 13.2. The Bertz CT molecular complexity index is 883. The number of hydrogen-bond donors (Lipinski definition) is 2. The van der Waals surface area contributed by atoms with Crippen LogP contribution in [-0.4, -0.2) is 21.8 Å².